The molecule has 1 N–H and O–H groups in total. The molecule has 1 aliphatic carbocycles. The average molecular weight is 414 g/mol. The summed E-state index contributed by atoms with van der Waals surface area (Å²) in [5.74, 6) is 2.03. The lowest BCUT2D eigenvalue weighted by Gasteiger charge is -2.30. The molecule has 0 spiro atoms. The highest BCUT2D eigenvalue weighted by Gasteiger charge is 2.25. The fourth-order valence-corrected chi connectivity index (χ4v) is 3.83. The Kier molecular flexibility index (Phi) is 7.90. The first-order valence-electron chi connectivity index (χ1n) is 10.3. The molecule has 162 valence electrons. The lowest BCUT2D eigenvalue weighted by atomic mass is 9.93. The smallest absolute Gasteiger partial charge is 0.234 e. The van der Waals surface area contributed by atoms with Crippen molar-refractivity contribution in [3.05, 3.63) is 48.3 Å². The number of methoxy groups -OCH3 is 2. The van der Waals surface area contributed by atoms with Gasteiger partial charge in [-0.3, -0.25) is 14.7 Å². The predicted molar refractivity (Wildman–Crippen MR) is 115 cm³/mol. The van der Waals surface area contributed by atoms with E-state index in [1.54, 1.807) is 20.4 Å². The maximum Gasteiger partial charge on any atom is 0.234 e. The zero-order valence-electron chi connectivity index (χ0n) is 18.0. The van der Waals surface area contributed by atoms with Crippen LogP contribution in [0, 0.1) is 0 Å². The molecule has 0 saturated heterocycles. The van der Waals surface area contributed by atoms with Crippen LogP contribution in [0.5, 0.6) is 17.2 Å². The Labute approximate surface area is 178 Å². The number of aromatic nitrogens is 1. The van der Waals surface area contributed by atoms with Crippen LogP contribution in [-0.2, 0) is 11.3 Å². The number of para-hydroxylation sites is 1. The molecule has 3 rings (SSSR count). The Bertz CT molecular complexity index is 807. The zero-order valence-corrected chi connectivity index (χ0v) is 18.0. The third-order valence-corrected chi connectivity index (χ3v) is 5.29. The molecule has 1 aromatic carbocycles. The molecule has 0 atom stereocenters. The fourth-order valence-electron chi connectivity index (χ4n) is 3.83. The Balaban J connectivity index is 1.43. The Morgan fingerprint density at radius 3 is 2.53 bits per heavy atom. The van der Waals surface area contributed by atoms with Crippen LogP contribution in [-0.4, -0.2) is 55.7 Å². The lowest BCUT2D eigenvalue weighted by Crippen LogP contribution is -2.43. The summed E-state index contributed by atoms with van der Waals surface area (Å²) in [6, 6.07) is 9.75. The Morgan fingerprint density at radius 2 is 1.87 bits per heavy atom. The summed E-state index contributed by atoms with van der Waals surface area (Å²) >= 11 is 0. The van der Waals surface area contributed by atoms with Gasteiger partial charge in [0.2, 0.25) is 11.7 Å². The number of rotatable bonds is 9. The van der Waals surface area contributed by atoms with E-state index < -0.39 is 0 Å². The highest BCUT2D eigenvalue weighted by Crippen LogP contribution is 2.38. The van der Waals surface area contributed by atoms with Crippen molar-refractivity contribution in [3.8, 4) is 17.2 Å². The summed E-state index contributed by atoms with van der Waals surface area (Å²) < 4.78 is 17.0. The van der Waals surface area contributed by atoms with Crippen molar-refractivity contribution in [2.75, 3.05) is 27.8 Å². The molecule has 1 aliphatic rings. The molecule has 2 aromatic rings. The highest BCUT2D eigenvalue weighted by atomic mass is 16.5. The predicted octanol–water partition coefficient (Wildman–Crippen LogP) is 3.04. The normalized spacial score (nSPS) is 18.7. The minimum absolute atomic E-state index is 0.0558. The van der Waals surface area contributed by atoms with Crippen molar-refractivity contribution < 1.29 is 19.0 Å². The number of pyridine rings is 1. The van der Waals surface area contributed by atoms with Crippen LogP contribution >= 0.6 is 0 Å². The van der Waals surface area contributed by atoms with Gasteiger partial charge in [-0.2, -0.15) is 0 Å². The third-order valence-electron chi connectivity index (χ3n) is 5.29. The number of carbonyl (C=O) groups is 1. The van der Waals surface area contributed by atoms with Crippen molar-refractivity contribution in [3.63, 3.8) is 0 Å². The fraction of sp³-hybridized carbons (Fsp3) is 0.478. The molecule has 30 heavy (non-hydrogen) atoms. The van der Waals surface area contributed by atoms with Gasteiger partial charge < -0.3 is 19.5 Å². The van der Waals surface area contributed by atoms with E-state index >= 15 is 0 Å². The molecule has 1 fully saturated rings. The number of nitrogens with zero attached hydrogens (tertiary/aromatic N) is 2. The number of likely N-dealkylation sites (N-methyl/N-ethyl adjacent to an activating group) is 1. The summed E-state index contributed by atoms with van der Waals surface area (Å²) in [5.41, 5.74) is 1.10. The topological polar surface area (TPSA) is 72.9 Å². The van der Waals surface area contributed by atoms with E-state index in [2.05, 4.69) is 10.3 Å². The number of hydrogen-bond donors (Lipinski definition) is 1. The van der Waals surface area contributed by atoms with Gasteiger partial charge in [0.15, 0.2) is 11.5 Å². The van der Waals surface area contributed by atoms with Gasteiger partial charge in [0.25, 0.3) is 0 Å². The van der Waals surface area contributed by atoms with Gasteiger partial charge in [0.05, 0.1) is 26.9 Å². The van der Waals surface area contributed by atoms with Gasteiger partial charge >= 0.3 is 0 Å². The Hall–Kier alpha value is -2.80. The number of carbonyl (C=O) groups excluding carboxylic acids is 1. The minimum Gasteiger partial charge on any atom is -0.493 e. The summed E-state index contributed by atoms with van der Waals surface area (Å²) in [6.07, 6.45) is 7.25. The molecule has 0 unspecified atom stereocenters. The number of benzene rings is 1. The molecular formula is C23H31N3O4. The molecule has 1 aromatic heterocycles. The van der Waals surface area contributed by atoms with E-state index in [0.717, 1.165) is 31.2 Å². The molecule has 1 saturated carbocycles. The van der Waals surface area contributed by atoms with Gasteiger partial charge in [-0.05, 0) is 56.5 Å². The van der Waals surface area contributed by atoms with Crippen LogP contribution in [0.15, 0.2) is 42.7 Å². The average Bonchev–Trinajstić information content (AvgIpc) is 2.75. The Morgan fingerprint density at radius 1 is 1.10 bits per heavy atom. The largest absolute Gasteiger partial charge is 0.493 e. The van der Waals surface area contributed by atoms with Crippen molar-refractivity contribution in [1.29, 1.82) is 0 Å². The molecular weight excluding hydrogens is 382 g/mol. The number of nitrogens with one attached hydrogen (secondary N) is 1. The van der Waals surface area contributed by atoms with E-state index in [1.165, 1.54) is 0 Å². The molecule has 0 bridgehead atoms. The van der Waals surface area contributed by atoms with Crippen LogP contribution in [0.25, 0.3) is 0 Å². The van der Waals surface area contributed by atoms with Crippen LogP contribution in [0.3, 0.4) is 0 Å². The molecule has 1 heterocycles. The van der Waals surface area contributed by atoms with Gasteiger partial charge in [0, 0.05) is 25.0 Å². The standard InChI is InChI=1S/C23H31N3O4/c1-26(15-17-6-5-13-24-14-17)16-22(27)25-18-9-11-19(12-10-18)30-21-8-4-7-20(28-2)23(21)29-3/h4-8,13-14,18-19H,9-12,15-16H2,1-3H3,(H,25,27). The second kappa shape index (κ2) is 10.8. The van der Waals surface area contributed by atoms with Crippen LogP contribution in [0.2, 0.25) is 0 Å². The van der Waals surface area contributed by atoms with Crippen LogP contribution in [0.4, 0.5) is 0 Å². The van der Waals surface area contributed by atoms with E-state index in [1.807, 2.05) is 48.5 Å². The third kappa shape index (κ3) is 6.10. The maximum atomic E-state index is 12.4. The summed E-state index contributed by atoms with van der Waals surface area (Å²) in [4.78, 5) is 18.5. The van der Waals surface area contributed by atoms with E-state index in [9.17, 15) is 4.79 Å². The van der Waals surface area contributed by atoms with Crippen LogP contribution in [0.1, 0.15) is 31.2 Å². The highest BCUT2D eigenvalue weighted by molar-refractivity contribution is 5.78. The first-order valence-corrected chi connectivity index (χ1v) is 10.3. The minimum atomic E-state index is 0.0558. The van der Waals surface area contributed by atoms with E-state index in [-0.39, 0.29) is 18.1 Å². The molecule has 1 amide bonds. The second-order valence-electron chi connectivity index (χ2n) is 7.68. The number of ether oxygens (including phenoxy) is 3. The lowest BCUT2D eigenvalue weighted by molar-refractivity contribution is -0.123. The molecule has 0 radical (unpaired) electrons. The van der Waals surface area contributed by atoms with Crippen molar-refractivity contribution in [1.82, 2.24) is 15.2 Å². The number of hydrogen-bond acceptors (Lipinski definition) is 6. The molecule has 7 heteroatoms. The molecule has 0 aliphatic heterocycles. The summed E-state index contributed by atoms with van der Waals surface area (Å²) in [6.45, 7) is 1.07. The van der Waals surface area contributed by atoms with Gasteiger partial charge in [-0.25, -0.2) is 0 Å². The van der Waals surface area contributed by atoms with Gasteiger partial charge in [-0.1, -0.05) is 12.1 Å². The second-order valence-corrected chi connectivity index (χ2v) is 7.68. The van der Waals surface area contributed by atoms with E-state index in [0.29, 0.717) is 30.3 Å². The number of amides is 1. The van der Waals surface area contributed by atoms with Crippen molar-refractivity contribution in [2.45, 2.75) is 44.4 Å². The first-order chi connectivity index (χ1) is 14.6. The van der Waals surface area contributed by atoms with Crippen LogP contribution < -0.4 is 19.5 Å². The van der Waals surface area contributed by atoms with Gasteiger partial charge in [-0.15, -0.1) is 0 Å². The van der Waals surface area contributed by atoms with Crippen molar-refractivity contribution >= 4 is 5.91 Å². The zero-order chi connectivity index (χ0) is 21.3. The monoisotopic (exact) mass is 413 g/mol. The first kappa shape index (κ1) is 21.9. The molecule has 7 nitrogen and oxygen atoms in total. The SMILES string of the molecule is COc1cccc(OC2CCC(NC(=O)CN(C)Cc3cccnc3)CC2)c1OC. The van der Waals surface area contributed by atoms with Gasteiger partial charge in [0.1, 0.15) is 0 Å². The summed E-state index contributed by atoms with van der Waals surface area (Å²) in [5, 5.41) is 3.16. The maximum absolute atomic E-state index is 12.4. The van der Waals surface area contributed by atoms with Crippen molar-refractivity contribution in [2.24, 2.45) is 0 Å². The summed E-state index contributed by atoms with van der Waals surface area (Å²) in [7, 11) is 5.17. The van der Waals surface area contributed by atoms with E-state index in [4.69, 9.17) is 14.2 Å². The quantitative estimate of drug-likeness (QED) is 0.681.